The maximum Gasteiger partial charge on any atom is 0.325 e. The first kappa shape index (κ1) is 16.5. The van der Waals surface area contributed by atoms with Crippen LogP contribution in [0.3, 0.4) is 0 Å². The number of amides is 1. The second-order valence-electron chi connectivity index (χ2n) is 3.91. The highest BCUT2D eigenvalue weighted by Gasteiger charge is 2.16. The van der Waals surface area contributed by atoms with Crippen molar-refractivity contribution in [3.63, 3.8) is 0 Å². The summed E-state index contributed by atoms with van der Waals surface area (Å²) in [6, 6.07) is 3.85. The van der Waals surface area contributed by atoms with Gasteiger partial charge in [-0.2, -0.15) is 0 Å². The Kier molecular flexibility index (Phi) is 5.52. The second kappa shape index (κ2) is 6.71. The number of sulfone groups is 1. The molecule has 20 heavy (non-hydrogen) atoms. The zero-order valence-corrected chi connectivity index (χ0v) is 12.5. The van der Waals surface area contributed by atoms with Gasteiger partial charge in [-0.15, -0.1) is 0 Å². The van der Waals surface area contributed by atoms with Gasteiger partial charge in [-0.05, 0) is 25.1 Å². The van der Waals surface area contributed by atoms with E-state index in [9.17, 15) is 18.0 Å². The van der Waals surface area contributed by atoms with Crippen LogP contribution in [-0.2, 0) is 19.4 Å². The van der Waals surface area contributed by atoms with Crippen molar-refractivity contribution in [2.75, 3.05) is 19.4 Å². The molecular weight excluding hydrogens is 306 g/mol. The summed E-state index contributed by atoms with van der Waals surface area (Å²) < 4.78 is 27.6. The average molecular weight is 320 g/mol. The highest BCUT2D eigenvalue weighted by Crippen LogP contribution is 2.22. The van der Waals surface area contributed by atoms with Gasteiger partial charge in [-0.3, -0.25) is 9.59 Å². The lowest BCUT2D eigenvalue weighted by Crippen LogP contribution is -2.30. The van der Waals surface area contributed by atoms with Crippen molar-refractivity contribution >= 4 is 33.3 Å². The van der Waals surface area contributed by atoms with Crippen LogP contribution in [0.25, 0.3) is 0 Å². The van der Waals surface area contributed by atoms with Crippen molar-refractivity contribution in [3.8, 4) is 0 Å². The number of hydrogen-bond acceptors (Lipinski definition) is 5. The molecule has 0 aromatic heterocycles. The summed E-state index contributed by atoms with van der Waals surface area (Å²) in [6.45, 7) is 1.58. The zero-order chi connectivity index (χ0) is 15.3. The van der Waals surface area contributed by atoms with Crippen molar-refractivity contribution in [2.24, 2.45) is 0 Å². The smallest absolute Gasteiger partial charge is 0.325 e. The highest BCUT2D eigenvalue weighted by molar-refractivity contribution is 7.90. The molecule has 0 bridgehead atoms. The molecule has 0 fully saturated rings. The standard InChI is InChI=1S/C12H14ClNO5S/c1-3-19-11(15)7-14-12(16)8-4-5-9(13)10(6-8)20(2,17)18/h4-6H,3,7H2,1-2H3,(H,14,16). The van der Waals surface area contributed by atoms with E-state index in [0.717, 1.165) is 12.3 Å². The van der Waals surface area contributed by atoms with Gasteiger partial charge in [-0.25, -0.2) is 8.42 Å². The summed E-state index contributed by atoms with van der Waals surface area (Å²) >= 11 is 5.77. The minimum Gasteiger partial charge on any atom is -0.465 e. The van der Waals surface area contributed by atoms with E-state index in [-0.39, 0.29) is 28.6 Å². The molecule has 1 amide bonds. The molecule has 6 nitrogen and oxygen atoms in total. The molecular formula is C12H14ClNO5S. The largest absolute Gasteiger partial charge is 0.465 e. The number of hydrogen-bond donors (Lipinski definition) is 1. The average Bonchev–Trinajstić information content (AvgIpc) is 2.35. The van der Waals surface area contributed by atoms with Gasteiger partial charge in [0.1, 0.15) is 6.54 Å². The van der Waals surface area contributed by atoms with Crippen LogP contribution in [-0.4, -0.2) is 39.7 Å². The Morgan fingerprint density at radius 3 is 2.55 bits per heavy atom. The van der Waals surface area contributed by atoms with Gasteiger partial charge < -0.3 is 10.1 Å². The summed E-state index contributed by atoms with van der Waals surface area (Å²) in [6.07, 6.45) is 0.995. The first-order valence-corrected chi connectivity index (χ1v) is 7.96. The number of halogens is 1. The lowest BCUT2D eigenvalue weighted by molar-refractivity contribution is -0.141. The van der Waals surface area contributed by atoms with Crippen LogP contribution >= 0.6 is 11.6 Å². The molecule has 8 heteroatoms. The molecule has 0 aliphatic carbocycles. The lowest BCUT2D eigenvalue weighted by atomic mass is 10.2. The lowest BCUT2D eigenvalue weighted by Gasteiger charge is -2.07. The Bertz CT molecular complexity index is 627. The number of rotatable bonds is 5. The summed E-state index contributed by atoms with van der Waals surface area (Å²) in [5, 5.41) is 2.37. The molecule has 1 N–H and O–H groups in total. The van der Waals surface area contributed by atoms with Crippen molar-refractivity contribution in [1.82, 2.24) is 5.32 Å². The summed E-state index contributed by atoms with van der Waals surface area (Å²) in [4.78, 5) is 22.8. The van der Waals surface area contributed by atoms with E-state index in [1.165, 1.54) is 12.1 Å². The molecule has 0 saturated heterocycles. The molecule has 0 heterocycles. The normalized spacial score (nSPS) is 10.9. The second-order valence-corrected chi connectivity index (χ2v) is 6.30. The van der Waals surface area contributed by atoms with Crippen LogP contribution in [0.1, 0.15) is 17.3 Å². The first-order valence-electron chi connectivity index (χ1n) is 5.69. The molecule has 0 unspecified atom stereocenters. The van der Waals surface area contributed by atoms with E-state index < -0.39 is 21.7 Å². The maximum atomic E-state index is 11.8. The number of ether oxygens (including phenoxy) is 1. The van der Waals surface area contributed by atoms with Crippen molar-refractivity contribution in [1.29, 1.82) is 0 Å². The molecule has 1 rings (SSSR count). The van der Waals surface area contributed by atoms with Gasteiger partial charge in [-0.1, -0.05) is 11.6 Å². The number of nitrogens with one attached hydrogen (secondary N) is 1. The Hall–Kier alpha value is -1.60. The quantitative estimate of drug-likeness (QED) is 0.819. The highest BCUT2D eigenvalue weighted by atomic mass is 35.5. The van der Waals surface area contributed by atoms with E-state index in [4.69, 9.17) is 11.6 Å². The first-order chi connectivity index (χ1) is 9.25. The van der Waals surface area contributed by atoms with Crippen molar-refractivity contribution in [3.05, 3.63) is 28.8 Å². The molecule has 1 aromatic rings. The van der Waals surface area contributed by atoms with Gasteiger partial charge in [0.25, 0.3) is 5.91 Å². The fourth-order valence-electron chi connectivity index (χ4n) is 1.40. The summed E-state index contributed by atoms with van der Waals surface area (Å²) in [5.74, 6) is -1.15. The number of benzene rings is 1. The van der Waals surface area contributed by atoms with Crippen LogP contribution in [0, 0.1) is 0 Å². The fourth-order valence-corrected chi connectivity index (χ4v) is 2.70. The number of esters is 1. The molecule has 0 spiro atoms. The summed E-state index contributed by atoms with van der Waals surface area (Å²) in [7, 11) is -3.53. The molecule has 110 valence electrons. The minimum absolute atomic E-state index is 0.0365. The molecule has 1 aromatic carbocycles. The topological polar surface area (TPSA) is 89.5 Å². The van der Waals surface area contributed by atoms with E-state index in [2.05, 4.69) is 10.1 Å². The van der Waals surface area contributed by atoms with E-state index in [1.54, 1.807) is 6.92 Å². The molecule has 0 atom stereocenters. The van der Waals surface area contributed by atoms with Crippen molar-refractivity contribution in [2.45, 2.75) is 11.8 Å². The number of carbonyl (C=O) groups excluding carboxylic acids is 2. The Morgan fingerprint density at radius 2 is 2.00 bits per heavy atom. The predicted octanol–water partition coefficient (Wildman–Crippen LogP) is 1.04. The van der Waals surface area contributed by atoms with Crippen LogP contribution in [0.4, 0.5) is 0 Å². The third kappa shape index (κ3) is 4.50. The van der Waals surface area contributed by atoms with Crippen LogP contribution in [0.2, 0.25) is 5.02 Å². The van der Waals surface area contributed by atoms with E-state index in [1.807, 2.05) is 0 Å². The zero-order valence-electron chi connectivity index (χ0n) is 11.0. The third-order valence-electron chi connectivity index (χ3n) is 2.29. The molecule has 0 aliphatic rings. The molecule has 0 saturated carbocycles. The monoisotopic (exact) mass is 319 g/mol. The minimum atomic E-state index is -3.53. The van der Waals surface area contributed by atoms with Gasteiger partial charge >= 0.3 is 5.97 Å². The summed E-state index contributed by atoms with van der Waals surface area (Å²) in [5.41, 5.74) is 0.0964. The van der Waals surface area contributed by atoms with Crippen LogP contribution in [0.5, 0.6) is 0 Å². The maximum absolute atomic E-state index is 11.8. The van der Waals surface area contributed by atoms with Crippen LogP contribution < -0.4 is 5.32 Å². The van der Waals surface area contributed by atoms with E-state index in [0.29, 0.717) is 0 Å². The Balaban J connectivity index is 2.87. The fraction of sp³-hybridized carbons (Fsp3) is 0.333. The Morgan fingerprint density at radius 1 is 1.35 bits per heavy atom. The van der Waals surface area contributed by atoms with Crippen molar-refractivity contribution < 1.29 is 22.7 Å². The SMILES string of the molecule is CCOC(=O)CNC(=O)c1ccc(Cl)c(S(C)(=O)=O)c1. The van der Waals surface area contributed by atoms with Gasteiger partial charge in [0.2, 0.25) is 0 Å². The van der Waals surface area contributed by atoms with Gasteiger partial charge in [0.15, 0.2) is 9.84 Å². The Labute approximate surface area is 122 Å². The van der Waals surface area contributed by atoms with E-state index >= 15 is 0 Å². The van der Waals surface area contributed by atoms with Gasteiger partial charge in [0, 0.05) is 11.8 Å². The van der Waals surface area contributed by atoms with Gasteiger partial charge in [0.05, 0.1) is 16.5 Å². The molecule has 0 radical (unpaired) electrons. The molecule has 0 aliphatic heterocycles. The number of carbonyl (C=O) groups is 2. The predicted molar refractivity (Wildman–Crippen MR) is 73.5 cm³/mol. The van der Waals surface area contributed by atoms with Crippen LogP contribution in [0.15, 0.2) is 23.1 Å². The third-order valence-corrected chi connectivity index (χ3v) is 3.87.